The summed E-state index contributed by atoms with van der Waals surface area (Å²) < 4.78 is 12.7. The Bertz CT molecular complexity index is 976. The summed E-state index contributed by atoms with van der Waals surface area (Å²) in [5.41, 5.74) is 2.74. The largest absolute Gasteiger partial charge is 0.497 e. The van der Waals surface area contributed by atoms with E-state index in [-0.39, 0.29) is 0 Å². The van der Waals surface area contributed by atoms with Crippen LogP contribution in [0, 0.1) is 11.3 Å². The number of methoxy groups -OCH3 is 2. The van der Waals surface area contributed by atoms with Gasteiger partial charge in [0.15, 0.2) is 11.5 Å². The molecule has 7 nitrogen and oxygen atoms in total. The van der Waals surface area contributed by atoms with Crippen LogP contribution in [0.4, 0.5) is 5.82 Å². The highest BCUT2D eigenvalue weighted by molar-refractivity contribution is 5.82. The summed E-state index contributed by atoms with van der Waals surface area (Å²) in [6.07, 6.45) is 6.41. The third kappa shape index (κ3) is 2.64. The zero-order valence-electron chi connectivity index (χ0n) is 14.9. The molecule has 26 heavy (non-hydrogen) atoms. The number of hydrogen-bond donors (Lipinski definition) is 2. The maximum absolute atomic E-state index is 9.36. The van der Waals surface area contributed by atoms with E-state index in [9.17, 15) is 5.26 Å². The Morgan fingerprint density at radius 3 is 2.77 bits per heavy atom. The number of nitriles is 1. The Hall–Kier alpha value is -3.14. The number of aromatic amines is 1. The number of imidazole rings is 1. The van der Waals surface area contributed by atoms with Crippen LogP contribution in [0.5, 0.6) is 11.5 Å². The molecule has 7 heteroatoms. The summed E-state index contributed by atoms with van der Waals surface area (Å²) in [5, 5.41) is 16.1. The van der Waals surface area contributed by atoms with E-state index in [1.807, 2.05) is 22.7 Å². The molecule has 2 heterocycles. The molecule has 1 aliphatic rings. The van der Waals surface area contributed by atoms with Crippen molar-refractivity contribution >= 4 is 11.5 Å². The molecule has 0 unspecified atom stereocenters. The first-order valence-corrected chi connectivity index (χ1v) is 8.74. The maximum atomic E-state index is 9.36. The van der Waals surface area contributed by atoms with Gasteiger partial charge >= 0.3 is 0 Å². The van der Waals surface area contributed by atoms with Gasteiger partial charge in [-0.2, -0.15) is 5.26 Å². The molecule has 1 aliphatic carbocycles. The minimum absolute atomic E-state index is 0.409. The summed E-state index contributed by atoms with van der Waals surface area (Å²) in [7, 11) is 3.26. The lowest BCUT2D eigenvalue weighted by atomic mass is 10.1. The minimum atomic E-state index is 0.409. The molecule has 0 aliphatic heterocycles. The molecule has 1 fully saturated rings. The number of ether oxygens (including phenoxy) is 2. The lowest BCUT2D eigenvalue weighted by Gasteiger charge is -2.15. The van der Waals surface area contributed by atoms with Crippen molar-refractivity contribution in [1.82, 2.24) is 14.6 Å². The third-order valence-corrected chi connectivity index (χ3v) is 4.94. The Morgan fingerprint density at radius 2 is 2.08 bits per heavy atom. The van der Waals surface area contributed by atoms with Gasteiger partial charge in [-0.1, -0.05) is 12.8 Å². The van der Waals surface area contributed by atoms with Crippen molar-refractivity contribution in [2.45, 2.75) is 31.7 Å². The van der Waals surface area contributed by atoms with Gasteiger partial charge in [0.05, 0.1) is 14.2 Å². The number of aromatic nitrogens is 3. The number of H-pyrrole nitrogens is 1. The van der Waals surface area contributed by atoms with Gasteiger partial charge in [-0.05, 0) is 25.0 Å². The number of rotatable bonds is 5. The molecule has 1 aromatic carbocycles. The average molecular weight is 351 g/mol. The molecule has 0 atom stereocenters. The Balaban J connectivity index is 1.88. The van der Waals surface area contributed by atoms with Crippen LogP contribution in [-0.4, -0.2) is 34.9 Å². The first-order chi connectivity index (χ1) is 12.7. The summed E-state index contributed by atoms with van der Waals surface area (Å²) in [6.45, 7) is 0. The van der Waals surface area contributed by atoms with Gasteiger partial charge in [-0.25, -0.2) is 9.50 Å². The second-order valence-electron chi connectivity index (χ2n) is 6.46. The van der Waals surface area contributed by atoms with E-state index < -0.39 is 0 Å². The van der Waals surface area contributed by atoms with Crippen molar-refractivity contribution in [1.29, 1.82) is 5.26 Å². The molecule has 4 rings (SSSR count). The number of nitrogens with one attached hydrogen (secondary N) is 2. The van der Waals surface area contributed by atoms with Crippen molar-refractivity contribution < 1.29 is 9.47 Å². The second-order valence-corrected chi connectivity index (χ2v) is 6.46. The molecule has 0 amide bonds. The van der Waals surface area contributed by atoms with Crippen LogP contribution in [0.1, 0.15) is 31.2 Å². The number of nitrogens with zero attached hydrogens (tertiary/aromatic N) is 3. The van der Waals surface area contributed by atoms with Gasteiger partial charge in [0, 0.05) is 23.9 Å². The zero-order chi connectivity index (χ0) is 18.1. The molecule has 0 bridgehead atoms. The van der Waals surface area contributed by atoms with Gasteiger partial charge in [-0.3, -0.25) is 5.10 Å². The van der Waals surface area contributed by atoms with Gasteiger partial charge in [-0.15, -0.1) is 0 Å². The maximum Gasteiger partial charge on any atom is 0.173 e. The number of hydrogen-bond acceptors (Lipinski definition) is 5. The fourth-order valence-corrected chi connectivity index (χ4v) is 3.58. The predicted molar refractivity (Wildman–Crippen MR) is 98.7 cm³/mol. The summed E-state index contributed by atoms with van der Waals surface area (Å²) >= 11 is 0. The van der Waals surface area contributed by atoms with Crippen LogP contribution in [0.2, 0.25) is 0 Å². The van der Waals surface area contributed by atoms with E-state index in [0.29, 0.717) is 23.0 Å². The average Bonchev–Trinajstić information content (AvgIpc) is 3.39. The minimum Gasteiger partial charge on any atom is -0.497 e. The number of anilines is 1. The topological polar surface area (TPSA) is 87.4 Å². The molecule has 0 spiro atoms. The fourth-order valence-electron chi connectivity index (χ4n) is 3.58. The molecule has 2 N–H and O–H groups in total. The third-order valence-electron chi connectivity index (χ3n) is 4.94. The number of benzene rings is 1. The number of fused-ring (bicyclic) bond motifs is 1. The van der Waals surface area contributed by atoms with Gasteiger partial charge in [0.25, 0.3) is 0 Å². The quantitative estimate of drug-likeness (QED) is 0.734. The van der Waals surface area contributed by atoms with Gasteiger partial charge in [0.2, 0.25) is 0 Å². The second kappa shape index (κ2) is 6.64. The van der Waals surface area contributed by atoms with E-state index in [2.05, 4.69) is 16.5 Å². The molecule has 3 aromatic rings. The highest BCUT2D eigenvalue weighted by Gasteiger charge is 2.24. The normalized spacial score (nSPS) is 14.5. The van der Waals surface area contributed by atoms with Crippen LogP contribution in [0.15, 0.2) is 24.4 Å². The molecule has 1 saturated carbocycles. The van der Waals surface area contributed by atoms with Crippen molar-refractivity contribution in [3.05, 3.63) is 30.0 Å². The van der Waals surface area contributed by atoms with Crippen LogP contribution in [-0.2, 0) is 0 Å². The molecular weight excluding hydrogens is 330 g/mol. The lowest BCUT2D eigenvalue weighted by Crippen LogP contribution is -2.16. The van der Waals surface area contributed by atoms with Gasteiger partial charge in [0.1, 0.15) is 28.8 Å². The van der Waals surface area contributed by atoms with Crippen molar-refractivity contribution in [2.75, 3.05) is 19.5 Å². The zero-order valence-corrected chi connectivity index (χ0v) is 14.9. The van der Waals surface area contributed by atoms with E-state index in [1.165, 1.54) is 12.8 Å². The van der Waals surface area contributed by atoms with Gasteiger partial charge < -0.3 is 14.8 Å². The Labute approximate surface area is 151 Å². The molecular formula is C19H21N5O2. The standard InChI is InChI=1S/C19H21N5O2/c1-25-14-7-8-15(16(9-14)26-2)17-19(22-13-5-3-4-6-13)24-18(23-17)12(10-20)11-21-24/h7-9,11,13,21-22H,3-6H2,1-2H3. The molecule has 134 valence electrons. The molecule has 2 aromatic heterocycles. The molecule has 0 radical (unpaired) electrons. The van der Waals surface area contributed by atoms with Crippen molar-refractivity contribution in [3.8, 4) is 28.8 Å². The van der Waals surface area contributed by atoms with E-state index >= 15 is 0 Å². The highest BCUT2D eigenvalue weighted by Crippen LogP contribution is 2.38. The van der Waals surface area contributed by atoms with Crippen LogP contribution >= 0.6 is 0 Å². The monoisotopic (exact) mass is 351 g/mol. The Kier molecular flexibility index (Phi) is 4.17. The summed E-state index contributed by atoms with van der Waals surface area (Å²) in [5.74, 6) is 2.26. The first-order valence-electron chi connectivity index (χ1n) is 8.74. The van der Waals surface area contributed by atoms with Crippen molar-refractivity contribution in [2.24, 2.45) is 0 Å². The summed E-state index contributed by atoms with van der Waals surface area (Å²) in [4.78, 5) is 4.75. The molecule has 0 saturated heterocycles. The predicted octanol–water partition coefficient (Wildman–Crippen LogP) is 3.57. The fraction of sp³-hybridized carbons (Fsp3) is 0.368. The summed E-state index contributed by atoms with van der Waals surface area (Å²) in [6, 6.07) is 8.26. The van der Waals surface area contributed by atoms with E-state index in [4.69, 9.17) is 14.5 Å². The van der Waals surface area contributed by atoms with Crippen LogP contribution in [0.3, 0.4) is 0 Å². The highest BCUT2D eigenvalue weighted by atomic mass is 16.5. The van der Waals surface area contributed by atoms with Crippen LogP contribution in [0.25, 0.3) is 16.9 Å². The van der Waals surface area contributed by atoms with E-state index in [0.717, 1.165) is 35.7 Å². The van der Waals surface area contributed by atoms with E-state index in [1.54, 1.807) is 20.4 Å². The first kappa shape index (κ1) is 16.3. The van der Waals surface area contributed by atoms with Crippen LogP contribution < -0.4 is 14.8 Å². The SMILES string of the molecule is COc1ccc(-c2nc3c(C#N)c[nH]n3c2NC2CCCC2)c(OC)c1. The smallest absolute Gasteiger partial charge is 0.173 e. The Morgan fingerprint density at radius 1 is 1.27 bits per heavy atom. The lowest BCUT2D eigenvalue weighted by molar-refractivity contribution is 0.395. The van der Waals surface area contributed by atoms with Crippen molar-refractivity contribution in [3.63, 3.8) is 0 Å².